The lowest BCUT2D eigenvalue weighted by Gasteiger charge is -2.06. The van der Waals surface area contributed by atoms with Crippen LogP contribution in [0.3, 0.4) is 0 Å². The zero-order chi connectivity index (χ0) is 9.26. The van der Waals surface area contributed by atoms with Gasteiger partial charge in [0.2, 0.25) is 0 Å². The van der Waals surface area contributed by atoms with Gasteiger partial charge in [-0.15, -0.1) is 0 Å². The van der Waals surface area contributed by atoms with Crippen LogP contribution in [0, 0.1) is 0 Å². The van der Waals surface area contributed by atoms with E-state index in [0.29, 0.717) is 0 Å². The van der Waals surface area contributed by atoms with E-state index in [2.05, 4.69) is 21.4 Å². The van der Waals surface area contributed by atoms with E-state index in [-0.39, 0.29) is 6.10 Å². The Balaban J connectivity index is 2.26. The molecule has 1 aromatic carbocycles. The minimum atomic E-state index is -0.0620. The molecule has 2 nitrogen and oxygen atoms in total. The van der Waals surface area contributed by atoms with E-state index in [1.807, 2.05) is 30.3 Å². The van der Waals surface area contributed by atoms with E-state index in [9.17, 15) is 0 Å². The van der Waals surface area contributed by atoms with Crippen molar-refractivity contribution in [1.29, 1.82) is 0 Å². The second kappa shape index (κ2) is 3.70. The van der Waals surface area contributed by atoms with Crippen LogP contribution >= 0.6 is 27.5 Å². The third-order valence-electron chi connectivity index (χ3n) is 1.76. The average Bonchev–Trinajstić information content (AvgIpc) is 2.52. The topological polar surface area (TPSA) is 21.3 Å². The third-order valence-corrected chi connectivity index (χ3v) is 2.42. The summed E-state index contributed by atoms with van der Waals surface area (Å²) in [7, 11) is 0. The molecule has 0 aromatic heterocycles. The van der Waals surface area contributed by atoms with Crippen molar-refractivity contribution < 1.29 is 4.84 Å². The molecule has 68 valence electrons. The second-order valence-corrected chi connectivity index (χ2v) is 4.00. The summed E-state index contributed by atoms with van der Waals surface area (Å²) >= 11 is 9.14. The minimum Gasteiger partial charge on any atom is -0.263 e. The molecule has 0 spiro atoms. The Morgan fingerprint density at radius 2 is 2.31 bits per heavy atom. The van der Waals surface area contributed by atoms with Gasteiger partial charge in [-0.2, -0.15) is 0 Å². The number of benzene rings is 1. The highest BCUT2D eigenvalue weighted by Gasteiger charge is 2.16. The SMILES string of the molecule is Clc1cccc([C@@H]2C=C(Br)NO2)c1. The summed E-state index contributed by atoms with van der Waals surface area (Å²) in [4.78, 5) is 5.26. The van der Waals surface area contributed by atoms with Crippen LogP contribution in [0.4, 0.5) is 0 Å². The van der Waals surface area contributed by atoms with E-state index in [0.717, 1.165) is 15.2 Å². The quantitative estimate of drug-likeness (QED) is 0.783. The second-order valence-electron chi connectivity index (χ2n) is 2.71. The Morgan fingerprint density at radius 1 is 1.46 bits per heavy atom. The summed E-state index contributed by atoms with van der Waals surface area (Å²) in [6.07, 6.45) is 1.87. The Morgan fingerprint density at radius 3 is 2.92 bits per heavy atom. The molecule has 1 N–H and O–H groups in total. The zero-order valence-corrected chi connectivity index (χ0v) is 8.97. The molecule has 1 aliphatic heterocycles. The fourth-order valence-corrected chi connectivity index (χ4v) is 1.70. The predicted octanol–water partition coefficient (Wildman–Crippen LogP) is 3.15. The standard InChI is InChI=1S/C9H7BrClNO/c10-9-5-8(13-12-9)6-2-1-3-7(11)4-6/h1-5,8,12H/t8-/m0/s1. The molecule has 1 aromatic rings. The van der Waals surface area contributed by atoms with Crippen molar-refractivity contribution >= 4 is 27.5 Å². The molecular weight excluding hydrogens is 253 g/mol. The number of hydroxylamine groups is 1. The zero-order valence-electron chi connectivity index (χ0n) is 6.63. The van der Waals surface area contributed by atoms with Gasteiger partial charge in [0.1, 0.15) is 10.7 Å². The van der Waals surface area contributed by atoms with Crippen LogP contribution in [0.15, 0.2) is 34.9 Å². The highest BCUT2D eigenvalue weighted by molar-refractivity contribution is 9.11. The van der Waals surface area contributed by atoms with E-state index in [1.54, 1.807) is 0 Å². The van der Waals surface area contributed by atoms with Crippen molar-refractivity contribution in [3.63, 3.8) is 0 Å². The molecule has 4 heteroatoms. The first kappa shape index (κ1) is 9.06. The average molecular weight is 261 g/mol. The maximum Gasteiger partial charge on any atom is 0.131 e. The van der Waals surface area contributed by atoms with E-state index >= 15 is 0 Å². The Bertz CT molecular complexity index is 353. The van der Waals surface area contributed by atoms with E-state index < -0.39 is 0 Å². The van der Waals surface area contributed by atoms with Gasteiger partial charge >= 0.3 is 0 Å². The lowest BCUT2D eigenvalue weighted by Crippen LogP contribution is -2.05. The summed E-state index contributed by atoms with van der Waals surface area (Å²) in [5.41, 5.74) is 3.76. The number of hydrogen-bond acceptors (Lipinski definition) is 2. The summed E-state index contributed by atoms with van der Waals surface area (Å²) in [6, 6.07) is 7.60. The van der Waals surface area contributed by atoms with Crippen molar-refractivity contribution in [1.82, 2.24) is 5.48 Å². The van der Waals surface area contributed by atoms with Crippen LogP contribution in [0.5, 0.6) is 0 Å². The fraction of sp³-hybridized carbons (Fsp3) is 0.111. The normalized spacial score (nSPS) is 21.1. The first-order valence-electron chi connectivity index (χ1n) is 3.80. The Labute approximate surface area is 89.6 Å². The predicted molar refractivity (Wildman–Crippen MR) is 55.4 cm³/mol. The summed E-state index contributed by atoms with van der Waals surface area (Å²) in [6.45, 7) is 0. The fourth-order valence-electron chi connectivity index (χ4n) is 1.17. The van der Waals surface area contributed by atoms with Crippen LogP contribution in [0.25, 0.3) is 0 Å². The molecule has 0 fully saturated rings. The van der Waals surface area contributed by atoms with Gasteiger partial charge in [-0.3, -0.25) is 10.3 Å². The van der Waals surface area contributed by atoms with Crippen molar-refractivity contribution in [3.8, 4) is 0 Å². The maximum atomic E-state index is 5.85. The molecule has 1 atom stereocenters. The monoisotopic (exact) mass is 259 g/mol. The first-order chi connectivity index (χ1) is 6.25. The van der Waals surface area contributed by atoms with Crippen LogP contribution in [-0.2, 0) is 4.84 Å². The summed E-state index contributed by atoms with van der Waals surface area (Å²) < 4.78 is 0.845. The molecule has 1 heterocycles. The highest BCUT2D eigenvalue weighted by atomic mass is 79.9. The van der Waals surface area contributed by atoms with Crippen LogP contribution in [0.2, 0.25) is 5.02 Å². The lowest BCUT2D eigenvalue weighted by atomic mass is 10.1. The molecule has 13 heavy (non-hydrogen) atoms. The summed E-state index contributed by atoms with van der Waals surface area (Å²) in [5, 5.41) is 0.720. The van der Waals surface area contributed by atoms with Gasteiger partial charge in [0, 0.05) is 5.02 Å². The highest BCUT2D eigenvalue weighted by Crippen LogP contribution is 2.27. The smallest absolute Gasteiger partial charge is 0.131 e. The number of nitrogens with one attached hydrogen (secondary N) is 1. The molecule has 0 unspecified atom stereocenters. The molecule has 0 saturated heterocycles. The van der Waals surface area contributed by atoms with Crippen molar-refractivity contribution in [2.45, 2.75) is 6.10 Å². The lowest BCUT2D eigenvalue weighted by molar-refractivity contribution is 0.0458. The van der Waals surface area contributed by atoms with E-state index in [1.165, 1.54) is 0 Å². The minimum absolute atomic E-state index is 0.0620. The number of rotatable bonds is 1. The first-order valence-corrected chi connectivity index (χ1v) is 4.97. The summed E-state index contributed by atoms with van der Waals surface area (Å²) in [5.74, 6) is 0. The molecule has 0 radical (unpaired) electrons. The van der Waals surface area contributed by atoms with Crippen molar-refractivity contribution in [2.75, 3.05) is 0 Å². The van der Waals surface area contributed by atoms with Gasteiger partial charge in [0.15, 0.2) is 0 Å². The largest absolute Gasteiger partial charge is 0.263 e. The van der Waals surface area contributed by atoms with Crippen LogP contribution < -0.4 is 5.48 Å². The van der Waals surface area contributed by atoms with Gasteiger partial charge < -0.3 is 0 Å². The van der Waals surface area contributed by atoms with Gasteiger partial charge in [-0.1, -0.05) is 23.7 Å². The van der Waals surface area contributed by atoms with Crippen LogP contribution in [-0.4, -0.2) is 0 Å². The van der Waals surface area contributed by atoms with Gasteiger partial charge in [0.25, 0.3) is 0 Å². The molecular formula is C9H7BrClNO. The van der Waals surface area contributed by atoms with Gasteiger partial charge in [0.05, 0.1) is 0 Å². The van der Waals surface area contributed by atoms with Gasteiger partial charge in [-0.25, -0.2) is 0 Å². The Kier molecular flexibility index (Phi) is 2.58. The van der Waals surface area contributed by atoms with E-state index in [4.69, 9.17) is 16.4 Å². The molecule has 0 bridgehead atoms. The molecule has 1 aliphatic rings. The van der Waals surface area contributed by atoms with Crippen molar-refractivity contribution in [2.24, 2.45) is 0 Å². The molecule has 0 aliphatic carbocycles. The molecule has 2 rings (SSSR count). The Hall–Kier alpha value is -0.510. The van der Waals surface area contributed by atoms with Crippen molar-refractivity contribution in [3.05, 3.63) is 45.5 Å². The number of halogens is 2. The number of hydrogen-bond donors (Lipinski definition) is 1. The maximum absolute atomic E-state index is 5.85. The van der Waals surface area contributed by atoms with Gasteiger partial charge in [-0.05, 0) is 39.7 Å². The van der Waals surface area contributed by atoms with Crippen LogP contribution in [0.1, 0.15) is 11.7 Å². The molecule has 0 amide bonds. The molecule has 0 saturated carbocycles. The third kappa shape index (κ3) is 2.05.